The van der Waals surface area contributed by atoms with Crippen molar-refractivity contribution < 1.29 is 9.90 Å². The highest BCUT2D eigenvalue weighted by molar-refractivity contribution is 6.33. The van der Waals surface area contributed by atoms with Crippen molar-refractivity contribution >= 4 is 23.3 Å². The number of nitrogens with one attached hydrogen (secondary N) is 1. The molecule has 1 unspecified atom stereocenters. The summed E-state index contributed by atoms with van der Waals surface area (Å²) in [5, 5.41) is 12.7. The van der Waals surface area contributed by atoms with Gasteiger partial charge in [-0.1, -0.05) is 11.6 Å². The van der Waals surface area contributed by atoms with E-state index in [1.165, 1.54) is 6.20 Å². The number of pyridine rings is 1. The Kier molecular flexibility index (Phi) is 6.05. The van der Waals surface area contributed by atoms with Crippen molar-refractivity contribution in [2.75, 3.05) is 25.5 Å². The highest BCUT2D eigenvalue weighted by atomic mass is 35.5. The lowest BCUT2D eigenvalue weighted by Crippen LogP contribution is -2.29. The van der Waals surface area contributed by atoms with E-state index in [0.29, 0.717) is 35.9 Å². The molecule has 2 N–H and O–H groups in total. The van der Waals surface area contributed by atoms with Crippen molar-refractivity contribution in [1.82, 2.24) is 9.88 Å². The minimum Gasteiger partial charge on any atom is -0.393 e. The summed E-state index contributed by atoms with van der Waals surface area (Å²) in [7, 11) is 1.69. The summed E-state index contributed by atoms with van der Waals surface area (Å²) in [4.78, 5) is 17.8. The van der Waals surface area contributed by atoms with Gasteiger partial charge in [-0.3, -0.25) is 4.79 Å². The predicted molar refractivity (Wildman–Crippen MR) is 76.7 cm³/mol. The van der Waals surface area contributed by atoms with Gasteiger partial charge in [-0.05, 0) is 26.3 Å². The van der Waals surface area contributed by atoms with Crippen molar-refractivity contribution in [3.05, 3.63) is 22.8 Å². The van der Waals surface area contributed by atoms with Crippen LogP contribution in [0.4, 0.5) is 5.82 Å². The Morgan fingerprint density at radius 3 is 2.84 bits per heavy atom. The molecule has 1 rings (SSSR count). The molecule has 0 aliphatic rings. The Morgan fingerprint density at radius 2 is 2.32 bits per heavy atom. The lowest BCUT2D eigenvalue weighted by Gasteiger charge is -2.18. The highest BCUT2D eigenvalue weighted by Gasteiger charge is 2.14. The first kappa shape index (κ1) is 15.7. The first-order valence-corrected chi connectivity index (χ1v) is 6.66. The molecule has 1 aromatic heterocycles. The molecular formula is C13H20ClN3O2. The number of carbonyl (C=O) groups excluding carboxylic acids is 1. The van der Waals surface area contributed by atoms with E-state index in [2.05, 4.69) is 10.3 Å². The van der Waals surface area contributed by atoms with Gasteiger partial charge < -0.3 is 15.3 Å². The molecule has 0 fully saturated rings. The van der Waals surface area contributed by atoms with Gasteiger partial charge in [-0.15, -0.1) is 0 Å². The molecule has 1 atom stereocenters. The molecule has 1 aromatic rings. The number of amides is 1. The number of nitrogens with zero attached hydrogens (tertiary/aromatic N) is 2. The van der Waals surface area contributed by atoms with Crippen LogP contribution >= 0.6 is 11.6 Å². The van der Waals surface area contributed by atoms with Crippen molar-refractivity contribution in [1.29, 1.82) is 0 Å². The zero-order chi connectivity index (χ0) is 14.4. The largest absolute Gasteiger partial charge is 0.393 e. The number of rotatable bonds is 6. The van der Waals surface area contributed by atoms with E-state index in [1.807, 2.05) is 6.92 Å². The summed E-state index contributed by atoms with van der Waals surface area (Å²) in [6.45, 7) is 4.85. The average molecular weight is 286 g/mol. The van der Waals surface area contributed by atoms with Crippen molar-refractivity contribution in [2.45, 2.75) is 26.4 Å². The maximum Gasteiger partial charge on any atom is 0.255 e. The number of carbonyl (C=O) groups is 1. The molecule has 0 spiro atoms. The predicted octanol–water partition coefficient (Wildman–Crippen LogP) is 2.01. The molecule has 1 amide bonds. The molecule has 6 heteroatoms. The third kappa shape index (κ3) is 4.69. The maximum absolute atomic E-state index is 12.1. The number of aliphatic hydroxyl groups is 1. The van der Waals surface area contributed by atoms with Gasteiger partial charge in [0, 0.05) is 26.3 Å². The van der Waals surface area contributed by atoms with Crippen LogP contribution in [0.5, 0.6) is 0 Å². The minimum absolute atomic E-state index is 0.155. The molecule has 0 aromatic carbocycles. The van der Waals surface area contributed by atoms with E-state index < -0.39 is 6.10 Å². The highest BCUT2D eigenvalue weighted by Crippen LogP contribution is 2.20. The van der Waals surface area contributed by atoms with E-state index in [-0.39, 0.29) is 5.91 Å². The monoisotopic (exact) mass is 285 g/mol. The van der Waals surface area contributed by atoms with Crippen LogP contribution in [0.25, 0.3) is 0 Å². The smallest absolute Gasteiger partial charge is 0.255 e. The number of halogens is 1. The van der Waals surface area contributed by atoms with Crippen LogP contribution < -0.4 is 5.32 Å². The molecular weight excluding hydrogens is 266 g/mol. The Morgan fingerprint density at radius 1 is 1.63 bits per heavy atom. The van der Waals surface area contributed by atoms with Crippen molar-refractivity contribution in [3.8, 4) is 0 Å². The molecule has 106 valence electrons. The van der Waals surface area contributed by atoms with Gasteiger partial charge in [0.1, 0.15) is 5.82 Å². The summed E-state index contributed by atoms with van der Waals surface area (Å²) < 4.78 is 0. The summed E-state index contributed by atoms with van der Waals surface area (Å²) >= 11 is 6.05. The van der Waals surface area contributed by atoms with Crippen molar-refractivity contribution in [2.24, 2.45) is 0 Å². The molecule has 0 aliphatic carbocycles. The normalized spacial score (nSPS) is 12.1. The lowest BCUT2D eigenvalue weighted by atomic mass is 10.2. The minimum atomic E-state index is -0.423. The second-order valence-electron chi connectivity index (χ2n) is 4.45. The van der Waals surface area contributed by atoms with Crippen LogP contribution in [0, 0.1) is 0 Å². The van der Waals surface area contributed by atoms with Crippen LogP contribution in [0.2, 0.25) is 5.02 Å². The van der Waals surface area contributed by atoms with Gasteiger partial charge in [0.2, 0.25) is 0 Å². The Hall–Kier alpha value is -1.33. The first-order valence-electron chi connectivity index (χ1n) is 6.28. The third-order valence-electron chi connectivity index (χ3n) is 2.66. The van der Waals surface area contributed by atoms with E-state index in [4.69, 9.17) is 11.6 Å². The van der Waals surface area contributed by atoms with E-state index in [0.717, 1.165) is 0 Å². The van der Waals surface area contributed by atoms with Gasteiger partial charge in [0.15, 0.2) is 0 Å². The molecule has 0 radical (unpaired) electrons. The zero-order valence-corrected chi connectivity index (χ0v) is 12.2. The quantitative estimate of drug-likeness (QED) is 0.839. The van der Waals surface area contributed by atoms with E-state index >= 15 is 0 Å². The SMILES string of the molecule is CCNc1ncc(C(=O)N(C)CCC(C)O)cc1Cl. The van der Waals surface area contributed by atoms with Gasteiger partial charge >= 0.3 is 0 Å². The summed E-state index contributed by atoms with van der Waals surface area (Å²) in [6, 6.07) is 1.60. The van der Waals surface area contributed by atoms with Crippen LogP contribution in [0.15, 0.2) is 12.3 Å². The van der Waals surface area contributed by atoms with Crippen LogP contribution in [0.1, 0.15) is 30.6 Å². The Bertz CT molecular complexity index is 438. The van der Waals surface area contributed by atoms with E-state index in [9.17, 15) is 9.90 Å². The Balaban J connectivity index is 2.74. The molecule has 0 aliphatic heterocycles. The molecule has 0 bridgehead atoms. The lowest BCUT2D eigenvalue weighted by molar-refractivity contribution is 0.0768. The number of hydrogen-bond donors (Lipinski definition) is 2. The molecule has 0 saturated heterocycles. The summed E-state index contributed by atoms with van der Waals surface area (Å²) in [5.74, 6) is 0.422. The fourth-order valence-electron chi connectivity index (χ4n) is 1.55. The van der Waals surface area contributed by atoms with Gasteiger partial charge in [-0.2, -0.15) is 0 Å². The summed E-state index contributed by atoms with van der Waals surface area (Å²) in [5.41, 5.74) is 0.444. The number of aromatic nitrogens is 1. The molecule has 5 nitrogen and oxygen atoms in total. The average Bonchev–Trinajstić information content (AvgIpc) is 2.37. The van der Waals surface area contributed by atoms with Gasteiger partial charge in [0.05, 0.1) is 16.7 Å². The van der Waals surface area contributed by atoms with Crippen molar-refractivity contribution in [3.63, 3.8) is 0 Å². The van der Waals surface area contributed by atoms with Crippen LogP contribution in [-0.2, 0) is 0 Å². The number of hydrogen-bond acceptors (Lipinski definition) is 4. The maximum atomic E-state index is 12.1. The van der Waals surface area contributed by atoms with Gasteiger partial charge in [-0.25, -0.2) is 4.98 Å². The first-order chi connectivity index (χ1) is 8.95. The second-order valence-corrected chi connectivity index (χ2v) is 4.86. The molecule has 1 heterocycles. The topological polar surface area (TPSA) is 65.5 Å². The van der Waals surface area contributed by atoms with Gasteiger partial charge in [0.25, 0.3) is 5.91 Å². The zero-order valence-electron chi connectivity index (χ0n) is 11.5. The fraction of sp³-hybridized carbons (Fsp3) is 0.538. The van der Waals surface area contributed by atoms with Crippen LogP contribution in [0.3, 0.4) is 0 Å². The fourth-order valence-corrected chi connectivity index (χ4v) is 1.79. The van der Waals surface area contributed by atoms with Crippen LogP contribution in [-0.4, -0.2) is 47.1 Å². The molecule has 19 heavy (non-hydrogen) atoms. The Labute approximate surface area is 118 Å². The van der Waals surface area contributed by atoms with E-state index in [1.54, 1.807) is 24.9 Å². The number of aliphatic hydroxyl groups excluding tert-OH is 1. The molecule has 0 saturated carbocycles. The standard InChI is InChI=1S/C13H20ClN3O2/c1-4-15-12-11(14)7-10(8-16-12)13(19)17(3)6-5-9(2)18/h7-9,18H,4-6H2,1-3H3,(H,15,16). The second kappa shape index (κ2) is 7.31. The summed E-state index contributed by atoms with van der Waals surface area (Å²) in [6.07, 6.45) is 1.62. The third-order valence-corrected chi connectivity index (χ3v) is 2.95. The number of anilines is 1.